The van der Waals surface area contributed by atoms with Gasteiger partial charge in [-0.25, -0.2) is 5.10 Å². The van der Waals surface area contributed by atoms with E-state index in [9.17, 15) is 4.79 Å². The molecule has 88 valence electrons. The molecule has 1 aromatic heterocycles. The lowest BCUT2D eigenvalue weighted by molar-refractivity contribution is -0.117. The number of aromatic amines is 1. The van der Waals surface area contributed by atoms with Crippen LogP contribution in [-0.4, -0.2) is 35.2 Å². The lowest BCUT2D eigenvalue weighted by Gasteiger charge is -2.24. The van der Waals surface area contributed by atoms with Crippen molar-refractivity contribution >= 4 is 17.8 Å². The molecule has 2 N–H and O–H groups in total. The van der Waals surface area contributed by atoms with Crippen LogP contribution in [0.5, 0.6) is 0 Å². The van der Waals surface area contributed by atoms with E-state index in [4.69, 9.17) is 0 Å². The van der Waals surface area contributed by atoms with Crippen molar-refractivity contribution in [2.45, 2.75) is 25.7 Å². The lowest BCUT2D eigenvalue weighted by atomic mass is 9.83. The molecular formula is C10H17N5O. The SMILES string of the molecule is CN(C)c1n[nH]c(NC(=O)CC2CCC2)n1. The number of anilines is 2. The number of hydrogen-bond donors (Lipinski definition) is 2. The number of aromatic nitrogens is 3. The molecule has 1 aliphatic carbocycles. The van der Waals surface area contributed by atoms with Gasteiger partial charge in [0.1, 0.15) is 0 Å². The van der Waals surface area contributed by atoms with Crippen LogP contribution in [0, 0.1) is 5.92 Å². The second-order valence-corrected chi connectivity index (χ2v) is 4.43. The topological polar surface area (TPSA) is 73.9 Å². The smallest absolute Gasteiger partial charge is 0.245 e. The monoisotopic (exact) mass is 223 g/mol. The van der Waals surface area contributed by atoms with Crippen LogP contribution >= 0.6 is 0 Å². The molecule has 2 rings (SSSR count). The van der Waals surface area contributed by atoms with Crippen LogP contribution in [0.4, 0.5) is 11.9 Å². The summed E-state index contributed by atoms with van der Waals surface area (Å²) < 4.78 is 0. The van der Waals surface area contributed by atoms with Gasteiger partial charge in [-0.15, -0.1) is 5.10 Å². The highest BCUT2D eigenvalue weighted by Gasteiger charge is 2.21. The first kappa shape index (κ1) is 10.9. The third-order valence-corrected chi connectivity index (χ3v) is 2.83. The Kier molecular flexibility index (Phi) is 3.07. The minimum absolute atomic E-state index is 0.0196. The molecule has 1 fully saturated rings. The van der Waals surface area contributed by atoms with Gasteiger partial charge >= 0.3 is 0 Å². The summed E-state index contributed by atoms with van der Waals surface area (Å²) in [6, 6.07) is 0. The molecule has 1 aromatic rings. The minimum Gasteiger partial charge on any atom is -0.346 e. The van der Waals surface area contributed by atoms with Crippen LogP contribution < -0.4 is 10.2 Å². The predicted molar refractivity (Wildman–Crippen MR) is 61.3 cm³/mol. The van der Waals surface area contributed by atoms with E-state index in [2.05, 4.69) is 20.5 Å². The second kappa shape index (κ2) is 4.51. The molecule has 0 aliphatic heterocycles. The third-order valence-electron chi connectivity index (χ3n) is 2.83. The summed E-state index contributed by atoms with van der Waals surface area (Å²) in [5.74, 6) is 1.58. The van der Waals surface area contributed by atoms with Crippen LogP contribution in [0.3, 0.4) is 0 Å². The normalized spacial score (nSPS) is 15.6. The van der Waals surface area contributed by atoms with E-state index in [-0.39, 0.29) is 5.91 Å². The van der Waals surface area contributed by atoms with Crippen LogP contribution in [0.2, 0.25) is 0 Å². The summed E-state index contributed by atoms with van der Waals surface area (Å²) in [4.78, 5) is 17.5. The Bertz CT molecular complexity index is 369. The molecule has 1 saturated carbocycles. The van der Waals surface area contributed by atoms with Crippen molar-refractivity contribution < 1.29 is 4.79 Å². The van der Waals surface area contributed by atoms with E-state index in [1.807, 2.05) is 14.1 Å². The van der Waals surface area contributed by atoms with Gasteiger partial charge in [0.25, 0.3) is 0 Å². The third kappa shape index (κ3) is 2.50. The van der Waals surface area contributed by atoms with Gasteiger partial charge in [0.2, 0.25) is 17.8 Å². The average molecular weight is 223 g/mol. The Balaban J connectivity index is 1.85. The molecule has 1 heterocycles. The number of nitrogens with zero attached hydrogens (tertiary/aromatic N) is 3. The molecule has 1 amide bonds. The van der Waals surface area contributed by atoms with Crippen molar-refractivity contribution in [1.29, 1.82) is 0 Å². The highest BCUT2D eigenvalue weighted by molar-refractivity contribution is 5.89. The van der Waals surface area contributed by atoms with Gasteiger partial charge < -0.3 is 4.90 Å². The number of amides is 1. The number of H-pyrrole nitrogens is 1. The highest BCUT2D eigenvalue weighted by atomic mass is 16.1. The number of rotatable bonds is 4. The Labute approximate surface area is 94.4 Å². The predicted octanol–water partition coefficient (Wildman–Crippen LogP) is 0.999. The van der Waals surface area contributed by atoms with Crippen molar-refractivity contribution in [3.63, 3.8) is 0 Å². The first-order valence-corrected chi connectivity index (χ1v) is 5.54. The number of nitrogens with one attached hydrogen (secondary N) is 2. The molecule has 0 aromatic carbocycles. The van der Waals surface area contributed by atoms with Gasteiger partial charge in [0, 0.05) is 20.5 Å². The maximum Gasteiger partial charge on any atom is 0.245 e. The fraction of sp³-hybridized carbons (Fsp3) is 0.700. The molecule has 6 nitrogen and oxygen atoms in total. The molecule has 0 unspecified atom stereocenters. The van der Waals surface area contributed by atoms with Gasteiger partial charge in [0.05, 0.1) is 0 Å². The summed E-state index contributed by atoms with van der Waals surface area (Å²) in [5.41, 5.74) is 0. The van der Waals surface area contributed by atoms with Gasteiger partial charge in [-0.3, -0.25) is 10.1 Å². The maximum atomic E-state index is 11.6. The van der Waals surface area contributed by atoms with Gasteiger partial charge in [0.15, 0.2) is 0 Å². The van der Waals surface area contributed by atoms with Crippen molar-refractivity contribution in [3.05, 3.63) is 0 Å². The quantitative estimate of drug-likeness (QED) is 0.798. The molecule has 0 saturated heterocycles. The van der Waals surface area contributed by atoms with Crippen LogP contribution in [0.1, 0.15) is 25.7 Å². The van der Waals surface area contributed by atoms with Gasteiger partial charge in [-0.2, -0.15) is 4.98 Å². The Hall–Kier alpha value is -1.59. The summed E-state index contributed by atoms with van der Waals surface area (Å²) in [7, 11) is 3.70. The van der Waals surface area contributed by atoms with E-state index in [0.29, 0.717) is 24.2 Å². The zero-order valence-corrected chi connectivity index (χ0v) is 9.66. The fourth-order valence-corrected chi connectivity index (χ4v) is 1.65. The van der Waals surface area contributed by atoms with Crippen molar-refractivity contribution in [1.82, 2.24) is 15.2 Å². The highest BCUT2D eigenvalue weighted by Crippen LogP contribution is 2.29. The largest absolute Gasteiger partial charge is 0.346 e. The summed E-state index contributed by atoms with van der Waals surface area (Å²) in [5, 5.41) is 9.37. The minimum atomic E-state index is 0.0196. The fourth-order valence-electron chi connectivity index (χ4n) is 1.65. The Morgan fingerprint density at radius 3 is 2.81 bits per heavy atom. The summed E-state index contributed by atoms with van der Waals surface area (Å²) >= 11 is 0. The molecule has 16 heavy (non-hydrogen) atoms. The number of carbonyl (C=O) groups is 1. The molecule has 0 bridgehead atoms. The standard InChI is InChI=1S/C10H17N5O/c1-15(2)10-12-9(13-14-10)11-8(16)6-7-4-3-5-7/h7H,3-6H2,1-2H3,(H2,11,12,13,14,16). The first-order chi connectivity index (χ1) is 7.65. The molecular weight excluding hydrogens is 206 g/mol. The van der Waals surface area contributed by atoms with Crippen molar-refractivity contribution in [2.24, 2.45) is 5.92 Å². The van der Waals surface area contributed by atoms with E-state index in [1.165, 1.54) is 19.3 Å². The van der Waals surface area contributed by atoms with Crippen LogP contribution in [0.15, 0.2) is 0 Å². The second-order valence-electron chi connectivity index (χ2n) is 4.43. The van der Waals surface area contributed by atoms with Crippen LogP contribution in [0.25, 0.3) is 0 Å². The Morgan fingerprint density at radius 1 is 1.56 bits per heavy atom. The first-order valence-electron chi connectivity index (χ1n) is 5.54. The molecule has 6 heteroatoms. The molecule has 0 atom stereocenters. The van der Waals surface area contributed by atoms with E-state index < -0.39 is 0 Å². The van der Waals surface area contributed by atoms with E-state index in [0.717, 1.165) is 0 Å². The molecule has 1 aliphatic rings. The zero-order valence-electron chi connectivity index (χ0n) is 9.66. The Morgan fingerprint density at radius 2 is 2.31 bits per heavy atom. The molecule has 0 spiro atoms. The summed E-state index contributed by atoms with van der Waals surface area (Å²) in [6.07, 6.45) is 4.20. The lowest BCUT2D eigenvalue weighted by Crippen LogP contribution is -2.21. The number of hydrogen-bond acceptors (Lipinski definition) is 4. The van der Waals surface area contributed by atoms with Crippen molar-refractivity contribution in [3.8, 4) is 0 Å². The van der Waals surface area contributed by atoms with Crippen molar-refractivity contribution in [2.75, 3.05) is 24.3 Å². The van der Waals surface area contributed by atoms with Crippen LogP contribution in [-0.2, 0) is 4.79 Å². The summed E-state index contributed by atoms with van der Waals surface area (Å²) in [6.45, 7) is 0. The van der Waals surface area contributed by atoms with Gasteiger partial charge in [-0.05, 0) is 18.8 Å². The maximum absolute atomic E-state index is 11.6. The van der Waals surface area contributed by atoms with E-state index >= 15 is 0 Å². The number of carbonyl (C=O) groups excluding carboxylic acids is 1. The van der Waals surface area contributed by atoms with Gasteiger partial charge in [-0.1, -0.05) is 6.42 Å². The zero-order chi connectivity index (χ0) is 11.5. The van der Waals surface area contributed by atoms with E-state index in [1.54, 1.807) is 4.90 Å². The average Bonchev–Trinajstić information content (AvgIpc) is 2.60. The molecule has 0 radical (unpaired) electrons.